The van der Waals surface area contributed by atoms with Gasteiger partial charge >= 0.3 is 0 Å². The van der Waals surface area contributed by atoms with Gasteiger partial charge in [0.15, 0.2) is 0 Å². The third kappa shape index (κ3) is 3.94. The third-order valence-corrected chi connectivity index (χ3v) is 7.62. The van der Waals surface area contributed by atoms with Crippen LogP contribution in [0.25, 0.3) is 0 Å². The van der Waals surface area contributed by atoms with Crippen LogP contribution in [0.15, 0.2) is 11.0 Å². The second-order valence-electron chi connectivity index (χ2n) is 7.10. The van der Waals surface area contributed by atoms with Gasteiger partial charge in [-0.05, 0) is 63.8 Å². The van der Waals surface area contributed by atoms with E-state index >= 15 is 0 Å². The van der Waals surface area contributed by atoms with Gasteiger partial charge < -0.3 is 5.32 Å². The summed E-state index contributed by atoms with van der Waals surface area (Å²) in [6.07, 6.45) is 0. The highest BCUT2D eigenvalue weighted by Crippen LogP contribution is 2.29. The standard InChI is InChI=1S/C19H31N3O3S/c1-7-20-19(23)17(6)21-8-10-22(11-9-21)26(24,25)18-15(4)13(2)12-14(3)16(18)5/h12,17H,7-11H2,1-6H3,(H,20,23)/t17-/m1/s1. The van der Waals surface area contributed by atoms with Gasteiger partial charge in [-0.1, -0.05) is 6.07 Å². The van der Waals surface area contributed by atoms with Crippen molar-refractivity contribution in [3.8, 4) is 0 Å². The fourth-order valence-corrected chi connectivity index (χ4v) is 5.51. The molecule has 6 nitrogen and oxygen atoms in total. The molecule has 26 heavy (non-hydrogen) atoms. The maximum absolute atomic E-state index is 13.3. The lowest BCUT2D eigenvalue weighted by Gasteiger charge is -2.37. The predicted octanol–water partition coefficient (Wildman–Crippen LogP) is 1.75. The van der Waals surface area contributed by atoms with Gasteiger partial charge in [0.1, 0.15) is 0 Å². The van der Waals surface area contributed by atoms with Crippen LogP contribution < -0.4 is 5.32 Å². The van der Waals surface area contributed by atoms with Gasteiger partial charge in [-0.25, -0.2) is 8.42 Å². The van der Waals surface area contributed by atoms with Crippen molar-refractivity contribution in [3.05, 3.63) is 28.3 Å². The molecule has 0 aromatic heterocycles. The number of sulfonamides is 1. The molecule has 0 spiro atoms. The summed E-state index contributed by atoms with van der Waals surface area (Å²) in [6, 6.07) is 1.79. The van der Waals surface area contributed by atoms with E-state index in [9.17, 15) is 13.2 Å². The van der Waals surface area contributed by atoms with E-state index in [1.807, 2.05) is 52.5 Å². The lowest BCUT2D eigenvalue weighted by atomic mass is 10.0. The van der Waals surface area contributed by atoms with Crippen molar-refractivity contribution < 1.29 is 13.2 Å². The molecule has 0 saturated carbocycles. The summed E-state index contributed by atoms with van der Waals surface area (Å²) >= 11 is 0. The van der Waals surface area contributed by atoms with Gasteiger partial charge in [0.05, 0.1) is 10.9 Å². The molecule has 1 saturated heterocycles. The van der Waals surface area contributed by atoms with E-state index < -0.39 is 10.0 Å². The Labute approximate surface area is 157 Å². The number of amides is 1. The molecule has 1 aromatic rings. The Bertz CT molecular complexity index is 755. The Morgan fingerprint density at radius 3 is 2.04 bits per heavy atom. The molecule has 1 amide bonds. The summed E-state index contributed by atoms with van der Waals surface area (Å²) in [4.78, 5) is 14.5. The van der Waals surface area contributed by atoms with Crippen LogP contribution in [0.3, 0.4) is 0 Å². The summed E-state index contributed by atoms with van der Waals surface area (Å²) in [5.41, 5.74) is 3.64. The van der Waals surface area contributed by atoms with Crippen LogP contribution in [0.1, 0.15) is 36.1 Å². The molecule has 1 aliphatic rings. The lowest BCUT2D eigenvalue weighted by Crippen LogP contribution is -2.55. The van der Waals surface area contributed by atoms with Crippen LogP contribution in [-0.2, 0) is 14.8 Å². The normalized spacial score (nSPS) is 17.9. The van der Waals surface area contributed by atoms with Crippen LogP contribution >= 0.6 is 0 Å². The monoisotopic (exact) mass is 381 g/mol. The third-order valence-electron chi connectivity index (χ3n) is 5.45. The Balaban J connectivity index is 2.20. The van der Waals surface area contributed by atoms with Crippen molar-refractivity contribution in [2.75, 3.05) is 32.7 Å². The number of rotatable bonds is 5. The van der Waals surface area contributed by atoms with Crippen LogP contribution in [0.4, 0.5) is 0 Å². The van der Waals surface area contributed by atoms with E-state index in [4.69, 9.17) is 0 Å². The van der Waals surface area contributed by atoms with E-state index in [0.717, 1.165) is 22.3 Å². The molecule has 2 rings (SSSR count). The molecule has 0 aliphatic carbocycles. The number of nitrogens with zero attached hydrogens (tertiary/aromatic N) is 2. The topological polar surface area (TPSA) is 69.7 Å². The molecule has 0 unspecified atom stereocenters. The quantitative estimate of drug-likeness (QED) is 0.844. The first-order valence-electron chi connectivity index (χ1n) is 9.20. The summed E-state index contributed by atoms with van der Waals surface area (Å²) in [5.74, 6) is -0.00944. The van der Waals surface area contributed by atoms with Crippen molar-refractivity contribution in [3.63, 3.8) is 0 Å². The van der Waals surface area contributed by atoms with Crippen molar-refractivity contribution in [1.82, 2.24) is 14.5 Å². The first-order chi connectivity index (χ1) is 12.1. The van der Waals surface area contributed by atoms with E-state index in [2.05, 4.69) is 5.32 Å². The zero-order valence-corrected chi connectivity index (χ0v) is 17.5. The molecule has 0 bridgehead atoms. The first kappa shape index (κ1) is 20.9. The van der Waals surface area contributed by atoms with Crippen LogP contribution in [-0.4, -0.2) is 62.3 Å². The number of hydrogen-bond donors (Lipinski definition) is 1. The van der Waals surface area contributed by atoms with Crippen molar-refractivity contribution in [2.24, 2.45) is 0 Å². The summed E-state index contributed by atoms with van der Waals surface area (Å²) in [6.45, 7) is 13.9. The van der Waals surface area contributed by atoms with Gasteiger partial charge in [0.2, 0.25) is 15.9 Å². The zero-order valence-electron chi connectivity index (χ0n) is 16.7. The maximum Gasteiger partial charge on any atom is 0.243 e. The van der Waals surface area contributed by atoms with E-state index in [0.29, 0.717) is 37.6 Å². The zero-order chi connectivity index (χ0) is 19.6. The van der Waals surface area contributed by atoms with Gasteiger partial charge in [-0.2, -0.15) is 4.31 Å². The van der Waals surface area contributed by atoms with E-state index in [1.165, 1.54) is 0 Å². The predicted molar refractivity (Wildman–Crippen MR) is 104 cm³/mol. The molecular formula is C19H31N3O3S. The number of carbonyl (C=O) groups is 1. The number of nitrogens with one attached hydrogen (secondary N) is 1. The summed E-state index contributed by atoms with van der Waals surface area (Å²) < 4.78 is 28.1. The molecule has 7 heteroatoms. The van der Waals surface area contributed by atoms with Crippen LogP contribution in [0.5, 0.6) is 0 Å². The molecule has 1 aromatic carbocycles. The highest BCUT2D eigenvalue weighted by Gasteiger charge is 2.33. The van der Waals surface area contributed by atoms with Crippen molar-refractivity contribution in [2.45, 2.75) is 52.5 Å². The molecule has 146 valence electrons. The van der Waals surface area contributed by atoms with Crippen LogP contribution in [0.2, 0.25) is 0 Å². The smallest absolute Gasteiger partial charge is 0.243 e. The van der Waals surface area contributed by atoms with E-state index in [1.54, 1.807) is 4.31 Å². The Morgan fingerprint density at radius 1 is 1.08 bits per heavy atom. The SMILES string of the molecule is CCNC(=O)[C@@H](C)N1CCN(S(=O)(=O)c2c(C)c(C)cc(C)c2C)CC1. The minimum atomic E-state index is -3.54. The summed E-state index contributed by atoms with van der Waals surface area (Å²) in [5, 5.41) is 2.82. The molecule has 1 atom stereocenters. The highest BCUT2D eigenvalue weighted by molar-refractivity contribution is 7.89. The number of benzene rings is 1. The molecule has 1 fully saturated rings. The Hall–Kier alpha value is -1.44. The van der Waals surface area contributed by atoms with Crippen molar-refractivity contribution >= 4 is 15.9 Å². The number of aryl methyl sites for hydroxylation is 2. The largest absolute Gasteiger partial charge is 0.355 e. The first-order valence-corrected chi connectivity index (χ1v) is 10.6. The average molecular weight is 382 g/mol. The van der Waals surface area contributed by atoms with Crippen molar-refractivity contribution in [1.29, 1.82) is 0 Å². The number of hydrogen-bond acceptors (Lipinski definition) is 4. The van der Waals surface area contributed by atoms with Gasteiger partial charge in [0, 0.05) is 32.7 Å². The van der Waals surface area contributed by atoms with Crippen LogP contribution in [0, 0.1) is 27.7 Å². The van der Waals surface area contributed by atoms with Gasteiger partial charge in [-0.15, -0.1) is 0 Å². The maximum atomic E-state index is 13.3. The Morgan fingerprint density at radius 2 is 1.58 bits per heavy atom. The Kier molecular flexibility index (Phi) is 6.47. The second-order valence-corrected chi connectivity index (χ2v) is 8.97. The van der Waals surface area contributed by atoms with E-state index in [-0.39, 0.29) is 11.9 Å². The van der Waals surface area contributed by atoms with Gasteiger partial charge in [-0.3, -0.25) is 9.69 Å². The summed E-state index contributed by atoms with van der Waals surface area (Å²) in [7, 11) is -3.54. The van der Waals surface area contributed by atoms with Gasteiger partial charge in [0.25, 0.3) is 0 Å². The fourth-order valence-electron chi connectivity index (χ4n) is 3.52. The highest BCUT2D eigenvalue weighted by atomic mass is 32.2. The lowest BCUT2D eigenvalue weighted by molar-refractivity contribution is -0.126. The molecule has 1 aliphatic heterocycles. The number of piperazine rings is 1. The molecule has 1 heterocycles. The fraction of sp³-hybridized carbons (Fsp3) is 0.632. The molecule has 1 N–H and O–H groups in total. The molecular weight excluding hydrogens is 350 g/mol. The minimum Gasteiger partial charge on any atom is -0.355 e. The number of likely N-dealkylation sites (N-methyl/N-ethyl adjacent to an activating group) is 1. The second kappa shape index (κ2) is 8.06. The minimum absolute atomic E-state index is 0.00944. The average Bonchev–Trinajstić information content (AvgIpc) is 2.59. The number of carbonyl (C=O) groups excluding carboxylic acids is 1. The molecule has 0 radical (unpaired) electrons.